The number of Topliss-reactive ketones (excluding diaryl/α,β-unsaturated/α-hetero) is 1. The Labute approximate surface area is 260 Å². The highest BCUT2D eigenvalue weighted by Crippen LogP contribution is 2.39. The first-order valence-corrected chi connectivity index (χ1v) is 14.1. The fraction of sp³-hybridized carbons (Fsp3) is 0.194. The van der Waals surface area contributed by atoms with Gasteiger partial charge in [-0.3, -0.25) is 29.3 Å². The van der Waals surface area contributed by atoms with E-state index in [0.29, 0.717) is 6.42 Å². The Kier molecular flexibility index (Phi) is 8.61. The van der Waals surface area contributed by atoms with Crippen molar-refractivity contribution < 1.29 is 33.6 Å². The van der Waals surface area contributed by atoms with E-state index >= 15 is 0 Å². The number of allylic oxidation sites excluding steroid dienone is 2. The average molecular weight is 636 g/mol. The normalized spacial score (nSPS) is 19.0. The number of halogens is 2. The van der Waals surface area contributed by atoms with Crippen LogP contribution in [0.3, 0.4) is 0 Å². The van der Waals surface area contributed by atoms with Gasteiger partial charge in [0.25, 0.3) is 23.4 Å². The van der Waals surface area contributed by atoms with E-state index in [1.54, 1.807) is 0 Å². The third kappa shape index (κ3) is 5.97. The Hall–Kier alpha value is -4.87. The van der Waals surface area contributed by atoms with Crippen LogP contribution < -0.4 is 4.74 Å². The Morgan fingerprint density at radius 1 is 0.932 bits per heavy atom. The van der Waals surface area contributed by atoms with E-state index in [9.17, 15) is 34.1 Å². The zero-order chi connectivity index (χ0) is 31.7. The molecule has 44 heavy (non-hydrogen) atoms. The van der Waals surface area contributed by atoms with Gasteiger partial charge in [0.1, 0.15) is 12.3 Å². The predicted molar refractivity (Wildman–Crippen MR) is 158 cm³/mol. The van der Waals surface area contributed by atoms with Gasteiger partial charge in [-0.1, -0.05) is 42.3 Å². The molecule has 5 rings (SSSR count). The number of rotatable bonds is 8. The van der Waals surface area contributed by atoms with Crippen LogP contribution in [0.25, 0.3) is 0 Å². The number of carbonyl (C=O) groups excluding carboxylic acids is 5. The van der Waals surface area contributed by atoms with Crippen molar-refractivity contribution in [3.05, 3.63) is 116 Å². The topological polar surface area (TPSA) is 144 Å². The lowest BCUT2D eigenvalue weighted by Crippen LogP contribution is -2.52. The number of amides is 3. The molecule has 0 unspecified atom stereocenters. The summed E-state index contributed by atoms with van der Waals surface area (Å²) < 4.78 is 5.30. The molecule has 1 fully saturated rings. The molecule has 1 saturated heterocycles. The van der Waals surface area contributed by atoms with Crippen LogP contribution in [-0.4, -0.2) is 51.0 Å². The Morgan fingerprint density at radius 2 is 1.57 bits per heavy atom. The van der Waals surface area contributed by atoms with Crippen LogP contribution in [0, 0.1) is 27.9 Å². The maximum absolute atomic E-state index is 13.7. The van der Waals surface area contributed by atoms with Crippen molar-refractivity contribution in [2.24, 2.45) is 17.8 Å². The minimum atomic E-state index is -0.800. The number of esters is 1. The van der Waals surface area contributed by atoms with Gasteiger partial charge in [0.2, 0.25) is 0 Å². The van der Waals surface area contributed by atoms with Crippen molar-refractivity contribution in [3.63, 3.8) is 0 Å². The summed E-state index contributed by atoms with van der Waals surface area (Å²) in [6, 6.07) is 14.4. The molecule has 0 saturated carbocycles. The van der Waals surface area contributed by atoms with Crippen molar-refractivity contribution >= 4 is 58.4 Å². The summed E-state index contributed by atoms with van der Waals surface area (Å²) in [7, 11) is 0. The van der Waals surface area contributed by atoms with E-state index in [1.165, 1.54) is 66.7 Å². The number of carbonyl (C=O) groups is 5. The highest BCUT2D eigenvalue weighted by Gasteiger charge is 2.53. The number of hydrogen-bond donors (Lipinski definition) is 0. The van der Waals surface area contributed by atoms with Crippen molar-refractivity contribution in [1.29, 1.82) is 0 Å². The van der Waals surface area contributed by atoms with Gasteiger partial charge in [0, 0.05) is 23.3 Å². The van der Waals surface area contributed by atoms with Crippen molar-refractivity contribution in [2.45, 2.75) is 13.3 Å². The largest absolute Gasteiger partial charge is 0.423 e. The smallest absolute Gasteiger partial charge is 0.343 e. The van der Waals surface area contributed by atoms with Crippen LogP contribution in [0.5, 0.6) is 5.75 Å². The Balaban J connectivity index is 1.37. The third-order valence-corrected chi connectivity index (χ3v) is 8.22. The van der Waals surface area contributed by atoms with Crippen LogP contribution in [0.1, 0.15) is 44.4 Å². The molecule has 0 bridgehead atoms. The van der Waals surface area contributed by atoms with Gasteiger partial charge >= 0.3 is 5.97 Å². The molecule has 3 amide bonds. The second-order valence-corrected chi connectivity index (χ2v) is 11.1. The summed E-state index contributed by atoms with van der Waals surface area (Å²) in [6.45, 7) is 1.16. The van der Waals surface area contributed by atoms with Crippen molar-refractivity contribution in [3.8, 4) is 5.75 Å². The lowest BCUT2D eigenvalue weighted by atomic mass is 9.78. The van der Waals surface area contributed by atoms with Crippen LogP contribution in [0.15, 0.2) is 78.9 Å². The maximum atomic E-state index is 13.7. The molecule has 0 spiro atoms. The lowest BCUT2D eigenvalue weighted by Gasteiger charge is -2.30. The minimum absolute atomic E-state index is 0.0161. The fourth-order valence-electron chi connectivity index (χ4n) is 5.20. The monoisotopic (exact) mass is 635 g/mol. The molecule has 0 radical (unpaired) electrons. The highest BCUT2D eigenvalue weighted by atomic mass is 35.5. The first kappa shape index (κ1) is 30.6. The van der Waals surface area contributed by atoms with Crippen molar-refractivity contribution in [1.82, 2.24) is 10.0 Å². The number of imide groups is 1. The SMILES string of the molecule is C[C@@H]1C=CC[C@@H]2C(=O)N(N(CC(=O)c3ccc(OC(=O)c4ccc([N+](=O)[O-])cc4)cc3)C(=O)c3ccc(Cl)c(Cl)c3)C(=O)[C@@H]12. The van der Waals surface area contributed by atoms with Crippen molar-refractivity contribution in [2.75, 3.05) is 6.54 Å². The summed E-state index contributed by atoms with van der Waals surface area (Å²) >= 11 is 12.1. The van der Waals surface area contributed by atoms with Crippen LogP contribution in [0.4, 0.5) is 5.69 Å². The molecule has 2 aliphatic rings. The molecular weight excluding hydrogens is 613 g/mol. The average Bonchev–Trinajstić information content (AvgIpc) is 3.27. The number of nitrogens with zero attached hydrogens (tertiary/aromatic N) is 3. The van der Waals surface area contributed by atoms with Gasteiger partial charge in [0.05, 0.1) is 32.4 Å². The number of nitro groups is 1. The third-order valence-electron chi connectivity index (χ3n) is 7.49. The van der Waals surface area contributed by atoms with E-state index in [1.807, 2.05) is 19.1 Å². The van der Waals surface area contributed by atoms with Gasteiger partial charge in [0.15, 0.2) is 5.78 Å². The summed E-state index contributed by atoms with van der Waals surface area (Å²) in [5.74, 6) is -4.81. The number of ketones is 1. The molecule has 3 aromatic rings. The van der Waals surface area contributed by atoms with Gasteiger partial charge in [-0.2, -0.15) is 5.01 Å². The molecular formula is C31H23Cl2N3O8. The number of fused-ring (bicyclic) bond motifs is 1. The molecule has 1 heterocycles. The number of nitro benzene ring substituents is 1. The summed E-state index contributed by atoms with van der Waals surface area (Å²) in [5.41, 5.74) is 0.0246. The first-order chi connectivity index (χ1) is 21.0. The number of benzene rings is 3. The molecule has 3 aromatic carbocycles. The Morgan fingerprint density at radius 3 is 2.18 bits per heavy atom. The standard InChI is InChI=1S/C31H23Cl2N3O8/c1-17-3-2-4-23-27(17)30(40)35(29(23)39)34(28(38)20-9-14-24(32)25(33)15-20)16-26(37)18-7-12-22(13-8-18)44-31(41)19-5-10-21(11-6-19)36(42)43/h2-3,5-15,17,23,27H,4,16H2,1H3/t17-,23+,27+/m1/s1. The second kappa shape index (κ2) is 12.4. The van der Waals surface area contributed by atoms with E-state index in [-0.39, 0.29) is 44.1 Å². The van der Waals surface area contributed by atoms with E-state index in [4.69, 9.17) is 27.9 Å². The molecule has 3 atom stereocenters. The number of ether oxygens (including phenoxy) is 1. The molecule has 13 heteroatoms. The fourth-order valence-corrected chi connectivity index (χ4v) is 5.50. The first-order valence-electron chi connectivity index (χ1n) is 13.4. The molecule has 11 nitrogen and oxygen atoms in total. The summed E-state index contributed by atoms with van der Waals surface area (Å²) in [6.07, 6.45) is 4.01. The number of hydrazine groups is 1. The summed E-state index contributed by atoms with van der Waals surface area (Å²) in [4.78, 5) is 76.9. The van der Waals surface area contributed by atoms with E-state index < -0.39 is 52.8 Å². The predicted octanol–water partition coefficient (Wildman–Crippen LogP) is 5.56. The Bertz CT molecular complexity index is 1720. The zero-order valence-corrected chi connectivity index (χ0v) is 24.5. The summed E-state index contributed by atoms with van der Waals surface area (Å²) in [5, 5.41) is 12.7. The second-order valence-electron chi connectivity index (χ2n) is 10.3. The van der Waals surface area contributed by atoms with Gasteiger partial charge < -0.3 is 4.74 Å². The minimum Gasteiger partial charge on any atom is -0.423 e. The highest BCUT2D eigenvalue weighted by molar-refractivity contribution is 6.42. The number of hydrogen-bond acceptors (Lipinski definition) is 8. The van der Waals surface area contributed by atoms with Crippen LogP contribution in [-0.2, 0) is 9.59 Å². The molecule has 0 N–H and O–H groups in total. The molecule has 1 aliphatic carbocycles. The van der Waals surface area contributed by atoms with Gasteiger partial charge in [-0.15, -0.1) is 0 Å². The number of non-ortho nitro benzene ring substituents is 1. The molecule has 0 aromatic heterocycles. The van der Waals surface area contributed by atoms with Crippen LogP contribution >= 0.6 is 23.2 Å². The molecule has 1 aliphatic heterocycles. The van der Waals surface area contributed by atoms with E-state index in [2.05, 4.69) is 0 Å². The maximum Gasteiger partial charge on any atom is 0.343 e. The van der Waals surface area contributed by atoms with Gasteiger partial charge in [-0.25, -0.2) is 9.80 Å². The van der Waals surface area contributed by atoms with E-state index in [0.717, 1.165) is 10.0 Å². The van der Waals surface area contributed by atoms with Gasteiger partial charge in [-0.05, 0) is 66.9 Å². The van der Waals surface area contributed by atoms with Crippen LogP contribution in [0.2, 0.25) is 10.0 Å². The lowest BCUT2D eigenvalue weighted by molar-refractivity contribution is -0.384. The quantitative estimate of drug-likeness (QED) is 0.0595. The molecule has 224 valence electrons. The zero-order valence-electron chi connectivity index (χ0n) is 23.0.